The third kappa shape index (κ3) is 3.22. The molecule has 0 radical (unpaired) electrons. The van der Waals surface area contributed by atoms with Crippen molar-refractivity contribution >= 4 is 21.7 Å². The first-order valence-electron chi connectivity index (χ1n) is 8.00. The maximum Gasteiger partial charge on any atom is 0.288 e. The molecule has 2 heterocycles. The third-order valence-electron chi connectivity index (χ3n) is 4.25. The Kier molecular flexibility index (Phi) is 4.82. The van der Waals surface area contributed by atoms with Gasteiger partial charge in [-0.2, -0.15) is 13.3 Å². The van der Waals surface area contributed by atoms with Gasteiger partial charge in [0, 0.05) is 12.3 Å². The number of amides is 1. The quantitative estimate of drug-likeness (QED) is 0.449. The highest BCUT2D eigenvalue weighted by Crippen LogP contribution is 2.39. The van der Waals surface area contributed by atoms with Crippen LogP contribution in [0.25, 0.3) is 0 Å². The van der Waals surface area contributed by atoms with Gasteiger partial charge in [0.1, 0.15) is 0 Å². The first kappa shape index (κ1) is 18.5. The number of carbonyl (C=O) groups is 1. The lowest BCUT2D eigenvalue weighted by molar-refractivity contribution is -0.202. The molecule has 1 aromatic carbocycles. The topological polar surface area (TPSA) is 114 Å². The van der Waals surface area contributed by atoms with Gasteiger partial charge in [-0.15, -0.1) is 0 Å². The van der Waals surface area contributed by atoms with E-state index in [2.05, 4.69) is 5.32 Å². The van der Waals surface area contributed by atoms with E-state index in [1.807, 2.05) is 0 Å². The molecule has 0 saturated heterocycles. The number of anilines is 1. The molecule has 0 fully saturated rings. The number of ether oxygens (including phenoxy) is 1. The van der Waals surface area contributed by atoms with Gasteiger partial charge in [-0.25, -0.2) is 0 Å². The molecule has 3 rings (SSSR count). The number of hydrogen-bond donors (Lipinski definition) is 2. The number of hydrogen-bond acceptors (Lipinski definition) is 7. The fraction of sp³-hybridized carbons (Fsp3) is 0.438. The van der Waals surface area contributed by atoms with Crippen molar-refractivity contribution in [3.63, 3.8) is 0 Å². The van der Waals surface area contributed by atoms with Crippen molar-refractivity contribution in [1.82, 2.24) is 4.90 Å². The van der Waals surface area contributed by atoms with E-state index in [9.17, 15) is 17.8 Å². The van der Waals surface area contributed by atoms with Crippen LogP contribution in [0.15, 0.2) is 23.9 Å². The summed E-state index contributed by atoms with van der Waals surface area (Å²) in [6.07, 6.45) is 1.93. The first-order valence-corrected chi connectivity index (χ1v) is 9.51. The molecule has 0 spiro atoms. The van der Waals surface area contributed by atoms with E-state index in [1.54, 1.807) is 20.0 Å². The van der Waals surface area contributed by atoms with Gasteiger partial charge < -0.3 is 19.8 Å². The molecule has 2 atom stereocenters. The van der Waals surface area contributed by atoms with Crippen LogP contribution in [0.1, 0.15) is 30.6 Å². The standard InChI is InChI=1S/C16H20N2O7S/c1-4-24-25-14-7-11-10(6-13(14)23-3)16(19)18-8-9(2)5-12(18)15(17-11)26(20,21)22/h6-8,12,15,17H,4-5H2,1-3H3,(H,20,21,22). The Hall–Kier alpha value is -2.30. The zero-order valence-electron chi connectivity index (χ0n) is 14.6. The number of benzene rings is 1. The summed E-state index contributed by atoms with van der Waals surface area (Å²) >= 11 is 0. The maximum atomic E-state index is 13.0. The van der Waals surface area contributed by atoms with E-state index >= 15 is 0 Å². The van der Waals surface area contributed by atoms with Crippen LogP contribution in [0.3, 0.4) is 0 Å². The molecular weight excluding hydrogens is 364 g/mol. The number of nitrogens with zero attached hydrogens (tertiary/aromatic N) is 1. The van der Waals surface area contributed by atoms with Crippen molar-refractivity contribution in [2.45, 2.75) is 31.7 Å². The molecule has 0 aliphatic carbocycles. The van der Waals surface area contributed by atoms with Gasteiger partial charge in [0.05, 0.1) is 31.0 Å². The third-order valence-corrected chi connectivity index (χ3v) is 5.33. The van der Waals surface area contributed by atoms with Crippen LogP contribution in [0.2, 0.25) is 0 Å². The Balaban J connectivity index is 2.14. The first-order chi connectivity index (χ1) is 12.3. The summed E-state index contributed by atoms with van der Waals surface area (Å²) in [7, 11) is -3.06. The van der Waals surface area contributed by atoms with Crippen molar-refractivity contribution in [2.75, 3.05) is 19.0 Å². The molecule has 0 aromatic heterocycles. The fourth-order valence-corrected chi connectivity index (χ4v) is 4.04. The van der Waals surface area contributed by atoms with Crippen molar-refractivity contribution in [3.05, 3.63) is 29.5 Å². The SMILES string of the molecule is CCOOc1cc2c(cc1OC)C(=O)N1C=C(C)CC1C(S(=O)(=O)O)N2. The zero-order chi connectivity index (χ0) is 19.1. The second-order valence-corrected chi connectivity index (χ2v) is 7.62. The highest BCUT2D eigenvalue weighted by molar-refractivity contribution is 7.86. The Morgan fingerprint density at radius 1 is 1.35 bits per heavy atom. The number of nitrogens with one attached hydrogen (secondary N) is 1. The second kappa shape index (κ2) is 6.78. The van der Waals surface area contributed by atoms with Gasteiger partial charge in [-0.05, 0) is 26.3 Å². The van der Waals surface area contributed by atoms with Crippen molar-refractivity contribution in [3.8, 4) is 11.5 Å². The average Bonchev–Trinajstić information content (AvgIpc) is 2.92. The van der Waals surface area contributed by atoms with E-state index in [0.29, 0.717) is 6.42 Å². The van der Waals surface area contributed by atoms with Crippen LogP contribution in [0.4, 0.5) is 5.69 Å². The molecule has 2 N–H and O–H groups in total. The van der Waals surface area contributed by atoms with Gasteiger partial charge in [0.15, 0.2) is 11.1 Å². The van der Waals surface area contributed by atoms with E-state index in [0.717, 1.165) is 5.57 Å². The molecule has 1 aromatic rings. The van der Waals surface area contributed by atoms with Crippen LogP contribution in [-0.2, 0) is 15.0 Å². The molecule has 0 bridgehead atoms. The zero-order valence-corrected chi connectivity index (χ0v) is 15.4. The van der Waals surface area contributed by atoms with Gasteiger partial charge in [0.25, 0.3) is 16.0 Å². The van der Waals surface area contributed by atoms with Crippen LogP contribution in [0.5, 0.6) is 11.5 Å². The van der Waals surface area contributed by atoms with E-state index in [4.69, 9.17) is 14.5 Å². The Labute approximate surface area is 151 Å². The molecular formula is C16H20N2O7S. The summed E-state index contributed by atoms with van der Waals surface area (Å²) in [5, 5.41) is 1.39. The lowest BCUT2D eigenvalue weighted by Gasteiger charge is -2.26. The van der Waals surface area contributed by atoms with E-state index < -0.39 is 27.4 Å². The number of methoxy groups -OCH3 is 1. The normalized spacial score (nSPS) is 22.1. The minimum Gasteiger partial charge on any atom is -0.493 e. The van der Waals surface area contributed by atoms with Crippen LogP contribution >= 0.6 is 0 Å². The smallest absolute Gasteiger partial charge is 0.288 e. The predicted molar refractivity (Wildman–Crippen MR) is 92.5 cm³/mol. The Morgan fingerprint density at radius 2 is 2.08 bits per heavy atom. The summed E-state index contributed by atoms with van der Waals surface area (Å²) < 4.78 is 38.8. The highest BCUT2D eigenvalue weighted by Gasteiger charge is 2.44. The highest BCUT2D eigenvalue weighted by atomic mass is 32.2. The molecule has 26 heavy (non-hydrogen) atoms. The maximum absolute atomic E-state index is 13.0. The summed E-state index contributed by atoms with van der Waals surface area (Å²) in [4.78, 5) is 24.3. The minimum absolute atomic E-state index is 0.177. The Morgan fingerprint density at radius 3 is 2.69 bits per heavy atom. The monoisotopic (exact) mass is 384 g/mol. The fourth-order valence-electron chi connectivity index (χ4n) is 3.14. The molecule has 1 amide bonds. The van der Waals surface area contributed by atoms with Crippen LogP contribution in [0, 0.1) is 0 Å². The largest absolute Gasteiger partial charge is 0.493 e. The van der Waals surface area contributed by atoms with Gasteiger partial charge in [-0.3, -0.25) is 9.35 Å². The lowest BCUT2D eigenvalue weighted by atomic mass is 10.1. The molecule has 142 valence electrons. The van der Waals surface area contributed by atoms with Gasteiger partial charge in [-0.1, -0.05) is 5.57 Å². The summed E-state index contributed by atoms with van der Waals surface area (Å²) in [6.45, 7) is 3.80. The summed E-state index contributed by atoms with van der Waals surface area (Å²) in [5.74, 6) is 0.0344. The molecule has 2 unspecified atom stereocenters. The molecule has 2 aliphatic heterocycles. The molecule has 2 aliphatic rings. The average molecular weight is 384 g/mol. The molecule has 9 nitrogen and oxygen atoms in total. The molecule has 0 saturated carbocycles. The lowest BCUT2D eigenvalue weighted by Crippen LogP contribution is -2.46. The number of rotatable bonds is 5. The van der Waals surface area contributed by atoms with Gasteiger partial charge in [0.2, 0.25) is 5.75 Å². The predicted octanol–water partition coefficient (Wildman–Crippen LogP) is 1.78. The van der Waals surface area contributed by atoms with Crippen LogP contribution < -0.4 is 14.9 Å². The van der Waals surface area contributed by atoms with Crippen molar-refractivity contribution < 1.29 is 32.3 Å². The Bertz CT molecular complexity index is 866. The minimum atomic E-state index is -4.48. The summed E-state index contributed by atoms with van der Waals surface area (Å²) in [6, 6.07) is 2.11. The number of fused-ring (bicyclic) bond motifs is 2. The van der Waals surface area contributed by atoms with Crippen molar-refractivity contribution in [2.24, 2.45) is 0 Å². The van der Waals surface area contributed by atoms with E-state index in [-0.39, 0.29) is 29.4 Å². The van der Waals surface area contributed by atoms with Gasteiger partial charge >= 0.3 is 0 Å². The van der Waals surface area contributed by atoms with Crippen LogP contribution in [-0.4, -0.2) is 48.9 Å². The second-order valence-electron chi connectivity index (χ2n) is 6.08. The summed E-state index contributed by atoms with van der Waals surface area (Å²) in [5.41, 5.74) is 1.24. The van der Waals surface area contributed by atoms with Crippen molar-refractivity contribution in [1.29, 1.82) is 0 Å². The van der Waals surface area contributed by atoms with E-state index in [1.165, 1.54) is 24.1 Å². The number of carbonyl (C=O) groups excluding carboxylic acids is 1. The molecule has 10 heteroatoms.